The molecule has 0 amide bonds. The van der Waals surface area contributed by atoms with E-state index in [4.69, 9.17) is 17.3 Å². The van der Waals surface area contributed by atoms with E-state index in [1.54, 1.807) is 6.07 Å². The molecule has 0 bridgehead atoms. The van der Waals surface area contributed by atoms with Crippen molar-refractivity contribution in [1.29, 1.82) is 0 Å². The average Bonchev–Trinajstić information content (AvgIpc) is 2.77. The van der Waals surface area contributed by atoms with Crippen molar-refractivity contribution in [3.63, 3.8) is 0 Å². The van der Waals surface area contributed by atoms with Gasteiger partial charge in [-0.2, -0.15) is 0 Å². The van der Waals surface area contributed by atoms with E-state index < -0.39 is 10.0 Å². The van der Waals surface area contributed by atoms with E-state index in [-0.39, 0.29) is 4.90 Å². The Kier molecular flexibility index (Phi) is 2.99. The summed E-state index contributed by atoms with van der Waals surface area (Å²) in [5.41, 5.74) is 6.30. The van der Waals surface area contributed by atoms with Gasteiger partial charge in [-0.1, -0.05) is 11.6 Å². The molecule has 2 aromatic rings. The Morgan fingerprint density at radius 1 is 1.29 bits per heavy atom. The fourth-order valence-corrected chi connectivity index (χ4v) is 2.49. The zero-order chi connectivity index (χ0) is 12.5. The van der Waals surface area contributed by atoms with Gasteiger partial charge < -0.3 is 10.7 Å². The van der Waals surface area contributed by atoms with Crippen LogP contribution >= 0.6 is 11.6 Å². The highest BCUT2D eigenvalue weighted by Crippen LogP contribution is 2.24. The van der Waals surface area contributed by atoms with Crippen molar-refractivity contribution in [2.24, 2.45) is 0 Å². The summed E-state index contributed by atoms with van der Waals surface area (Å²) in [6, 6.07) is 6.01. The predicted molar refractivity (Wildman–Crippen MR) is 67.5 cm³/mol. The molecule has 0 spiro atoms. The molecule has 0 atom stereocenters. The molecule has 1 heterocycles. The van der Waals surface area contributed by atoms with Crippen LogP contribution in [0.4, 0.5) is 11.4 Å². The number of nitrogens with one attached hydrogen (secondary N) is 2. The van der Waals surface area contributed by atoms with Crippen molar-refractivity contribution in [2.45, 2.75) is 4.90 Å². The molecular formula is C10H10ClN3O2S. The number of aromatic nitrogens is 1. The number of sulfonamides is 1. The number of aromatic amines is 1. The minimum absolute atomic E-state index is 0.158. The minimum Gasteiger partial charge on any atom is -0.398 e. The van der Waals surface area contributed by atoms with Crippen molar-refractivity contribution in [1.82, 2.24) is 4.98 Å². The van der Waals surface area contributed by atoms with E-state index in [2.05, 4.69) is 9.71 Å². The Morgan fingerprint density at radius 2 is 2.06 bits per heavy atom. The molecule has 0 aliphatic rings. The highest BCUT2D eigenvalue weighted by atomic mass is 35.5. The molecule has 7 heteroatoms. The number of anilines is 2. The first-order chi connectivity index (χ1) is 7.99. The number of halogens is 1. The summed E-state index contributed by atoms with van der Waals surface area (Å²) < 4.78 is 26.1. The Labute approximate surface area is 104 Å². The van der Waals surface area contributed by atoms with Crippen LogP contribution in [0.15, 0.2) is 41.6 Å². The van der Waals surface area contributed by atoms with Gasteiger partial charge in [0, 0.05) is 12.4 Å². The summed E-state index contributed by atoms with van der Waals surface area (Å²) in [5, 5.41) is 0.305. The van der Waals surface area contributed by atoms with E-state index >= 15 is 0 Å². The second-order valence-electron chi connectivity index (χ2n) is 3.39. The van der Waals surface area contributed by atoms with Crippen LogP contribution in [0, 0.1) is 0 Å². The van der Waals surface area contributed by atoms with E-state index in [1.165, 1.54) is 30.6 Å². The van der Waals surface area contributed by atoms with E-state index in [0.29, 0.717) is 16.4 Å². The number of rotatable bonds is 3. The zero-order valence-electron chi connectivity index (χ0n) is 8.64. The summed E-state index contributed by atoms with van der Waals surface area (Å²) >= 11 is 5.80. The largest absolute Gasteiger partial charge is 0.398 e. The molecule has 2 rings (SSSR count). The van der Waals surface area contributed by atoms with E-state index in [9.17, 15) is 8.42 Å². The van der Waals surface area contributed by atoms with Gasteiger partial charge in [0.1, 0.15) is 4.90 Å². The summed E-state index contributed by atoms with van der Waals surface area (Å²) in [7, 11) is -3.58. The lowest BCUT2D eigenvalue weighted by atomic mass is 10.3. The Bertz CT molecular complexity index is 623. The number of benzene rings is 1. The molecule has 0 saturated heterocycles. The molecule has 0 unspecified atom stereocenters. The molecule has 0 aliphatic carbocycles. The predicted octanol–water partition coefficient (Wildman–Crippen LogP) is 2.05. The number of hydrogen-bond acceptors (Lipinski definition) is 3. The number of nitrogens with two attached hydrogens (primary N) is 1. The maximum atomic E-state index is 11.9. The smallest absolute Gasteiger partial charge is 0.263 e. The van der Waals surface area contributed by atoms with Crippen LogP contribution in [0.1, 0.15) is 0 Å². The van der Waals surface area contributed by atoms with Crippen molar-refractivity contribution in [3.05, 3.63) is 41.7 Å². The summed E-state index contributed by atoms with van der Waals surface area (Å²) in [5.74, 6) is 0. The second-order valence-corrected chi connectivity index (χ2v) is 5.48. The minimum atomic E-state index is -3.58. The van der Waals surface area contributed by atoms with Crippen LogP contribution < -0.4 is 10.5 Å². The van der Waals surface area contributed by atoms with Crippen LogP contribution in [0.3, 0.4) is 0 Å². The van der Waals surface area contributed by atoms with Crippen molar-refractivity contribution < 1.29 is 8.42 Å². The average molecular weight is 272 g/mol. The quantitative estimate of drug-likeness (QED) is 0.747. The SMILES string of the molecule is Nc1ccc(NS(=O)(=O)c2cc[nH]c2)cc1Cl. The summed E-state index contributed by atoms with van der Waals surface area (Å²) in [6.45, 7) is 0. The van der Waals surface area contributed by atoms with Gasteiger partial charge in [0.2, 0.25) is 0 Å². The molecule has 4 N–H and O–H groups in total. The molecule has 1 aromatic heterocycles. The summed E-state index contributed by atoms with van der Waals surface area (Å²) in [4.78, 5) is 2.83. The standard InChI is InChI=1S/C10H10ClN3O2S/c11-9-5-7(1-2-10(9)12)14-17(15,16)8-3-4-13-6-8/h1-6,13-14H,12H2. The molecule has 17 heavy (non-hydrogen) atoms. The van der Waals surface area contributed by atoms with Crippen LogP contribution in [0.2, 0.25) is 5.02 Å². The van der Waals surface area contributed by atoms with Crippen LogP contribution in [0.5, 0.6) is 0 Å². The van der Waals surface area contributed by atoms with Crippen molar-refractivity contribution in [2.75, 3.05) is 10.5 Å². The fourth-order valence-electron chi connectivity index (χ4n) is 1.28. The topological polar surface area (TPSA) is 88.0 Å². The lowest BCUT2D eigenvalue weighted by Gasteiger charge is -2.07. The second kappa shape index (κ2) is 4.31. The maximum Gasteiger partial charge on any atom is 0.263 e. The third kappa shape index (κ3) is 2.54. The first kappa shape index (κ1) is 11.8. The monoisotopic (exact) mass is 271 g/mol. The molecule has 1 aromatic carbocycles. The van der Waals surface area contributed by atoms with Gasteiger partial charge in [0.15, 0.2) is 0 Å². The Hall–Kier alpha value is -1.66. The molecule has 0 saturated carbocycles. The Morgan fingerprint density at radius 3 is 2.65 bits per heavy atom. The zero-order valence-corrected chi connectivity index (χ0v) is 10.2. The van der Waals surface area contributed by atoms with Gasteiger partial charge in [-0.05, 0) is 24.3 Å². The third-order valence-corrected chi connectivity index (χ3v) is 3.84. The third-order valence-electron chi connectivity index (χ3n) is 2.13. The lowest BCUT2D eigenvalue weighted by molar-refractivity contribution is 0.601. The molecule has 0 radical (unpaired) electrons. The molecule has 5 nitrogen and oxygen atoms in total. The normalized spacial score (nSPS) is 11.4. The number of H-pyrrole nitrogens is 1. The first-order valence-corrected chi connectivity index (χ1v) is 6.56. The van der Waals surface area contributed by atoms with Crippen molar-refractivity contribution in [3.8, 4) is 0 Å². The maximum absolute atomic E-state index is 11.9. The van der Waals surface area contributed by atoms with Crippen LogP contribution in [0.25, 0.3) is 0 Å². The van der Waals surface area contributed by atoms with Gasteiger partial charge in [-0.3, -0.25) is 4.72 Å². The van der Waals surface area contributed by atoms with Crippen LogP contribution in [-0.2, 0) is 10.0 Å². The lowest BCUT2D eigenvalue weighted by Crippen LogP contribution is -2.12. The fraction of sp³-hybridized carbons (Fsp3) is 0. The van der Waals surface area contributed by atoms with Gasteiger partial charge in [0.05, 0.1) is 16.4 Å². The van der Waals surface area contributed by atoms with E-state index in [0.717, 1.165) is 0 Å². The number of hydrogen-bond donors (Lipinski definition) is 3. The van der Waals surface area contributed by atoms with Crippen molar-refractivity contribution >= 4 is 33.0 Å². The van der Waals surface area contributed by atoms with Gasteiger partial charge in [-0.15, -0.1) is 0 Å². The van der Waals surface area contributed by atoms with Gasteiger partial charge in [-0.25, -0.2) is 8.42 Å². The molecule has 0 aliphatic heterocycles. The van der Waals surface area contributed by atoms with E-state index in [1.807, 2.05) is 0 Å². The Balaban J connectivity index is 2.30. The van der Waals surface area contributed by atoms with Gasteiger partial charge >= 0.3 is 0 Å². The first-order valence-electron chi connectivity index (χ1n) is 4.70. The molecule has 90 valence electrons. The highest BCUT2D eigenvalue weighted by Gasteiger charge is 2.14. The highest BCUT2D eigenvalue weighted by molar-refractivity contribution is 7.92. The summed E-state index contributed by atoms with van der Waals surface area (Å²) in [6.07, 6.45) is 2.92. The van der Waals surface area contributed by atoms with Crippen LogP contribution in [-0.4, -0.2) is 13.4 Å². The molecular weight excluding hydrogens is 262 g/mol. The molecule has 0 fully saturated rings. The van der Waals surface area contributed by atoms with Gasteiger partial charge in [0.25, 0.3) is 10.0 Å². The number of nitrogen functional groups attached to an aromatic ring is 1.